The first kappa shape index (κ1) is 22.0. The molecule has 0 heterocycles. The van der Waals surface area contributed by atoms with E-state index in [9.17, 15) is 4.79 Å². The van der Waals surface area contributed by atoms with Crippen LogP contribution in [-0.2, 0) is 9.22 Å². The van der Waals surface area contributed by atoms with E-state index in [4.69, 9.17) is 16.0 Å². The molecule has 1 unspecified atom stereocenters. The van der Waals surface area contributed by atoms with E-state index in [1.807, 2.05) is 43.3 Å². The molecule has 0 aliphatic rings. The van der Waals surface area contributed by atoms with Crippen molar-refractivity contribution in [3.8, 4) is 0 Å². The Morgan fingerprint density at radius 2 is 1.40 bits per heavy atom. The second kappa shape index (κ2) is 9.04. The number of hydrogen-bond donors (Lipinski definition) is 0. The molecule has 0 aliphatic carbocycles. The zero-order valence-corrected chi connectivity index (χ0v) is 18.0. The summed E-state index contributed by atoms with van der Waals surface area (Å²) in [7, 11) is -2.59. The molecule has 25 heavy (non-hydrogen) atoms. The molecule has 0 saturated heterocycles. The van der Waals surface area contributed by atoms with Gasteiger partial charge < -0.3 is 4.43 Å². The topological polar surface area (TPSA) is 26.3 Å². The van der Waals surface area contributed by atoms with Crippen molar-refractivity contribution in [1.29, 1.82) is 0 Å². The number of halogens is 1. The van der Waals surface area contributed by atoms with Gasteiger partial charge in [0.15, 0.2) is 0 Å². The second-order valence-corrected chi connectivity index (χ2v) is 11.8. The number of carbonyl (C=O) groups is 1. The van der Waals surface area contributed by atoms with Crippen LogP contribution in [0.2, 0.25) is 5.04 Å². The Morgan fingerprint density at radius 1 is 1.00 bits per heavy atom. The van der Waals surface area contributed by atoms with Gasteiger partial charge in [0.1, 0.15) is 0 Å². The molecule has 0 fully saturated rings. The van der Waals surface area contributed by atoms with Gasteiger partial charge in [-0.3, -0.25) is 4.79 Å². The number of carbonyl (C=O) groups excluding carboxylic acids is 1. The summed E-state index contributed by atoms with van der Waals surface area (Å²) in [5, 5.41) is 1.95. The molecule has 2 aromatic carbocycles. The summed E-state index contributed by atoms with van der Waals surface area (Å²) in [6.07, 6.45) is -0.0206. The summed E-state index contributed by atoms with van der Waals surface area (Å²) in [6, 6.07) is 20.8. The fraction of sp³-hybridized carbons (Fsp3) is 0.350. The monoisotopic (exact) mass is 394 g/mol. The van der Waals surface area contributed by atoms with Crippen molar-refractivity contribution in [3.63, 3.8) is 0 Å². The van der Waals surface area contributed by atoms with Gasteiger partial charge in [0, 0.05) is 6.42 Å². The van der Waals surface area contributed by atoms with Gasteiger partial charge in [0.05, 0.1) is 6.10 Å². The van der Waals surface area contributed by atoms with Crippen LogP contribution in [0, 0.1) is 0 Å². The minimum absolute atomic E-state index is 0. The summed E-state index contributed by atoms with van der Waals surface area (Å²) in [5.41, 5.74) is 0. The molecule has 0 bridgehead atoms. The lowest BCUT2D eigenvalue weighted by molar-refractivity contribution is -0.113. The Hall–Kier alpha value is -1.07. The maximum atomic E-state index is 11.4. The molecular formula is C20H27ClO2SSi. The van der Waals surface area contributed by atoms with Crippen molar-refractivity contribution in [2.75, 3.05) is 0 Å². The maximum Gasteiger partial charge on any atom is 0.261 e. The first-order valence-electron chi connectivity index (χ1n) is 8.24. The Bertz CT molecular complexity index is 632. The lowest BCUT2D eigenvalue weighted by Crippen LogP contribution is -2.67. The summed E-state index contributed by atoms with van der Waals surface area (Å²) >= 11 is 5.60. The van der Waals surface area contributed by atoms with Crippen molar-refractivity contribution >= 4 is 49.0 Å². The van der Waals surface area contributed by atoms with Crippen LogP contribution in [0.4, 0.5) is 0 Å². The standard InChI is InChI=1S/C20H25ClO2Si.H2S/c1-16(15-19(21)22)23-24(20(2,3)4,17-11-7-5-8-12-17)18-13-9-6-10-14-18;/h5-14,16H,15H2,1-4H3;1H2. The van der Waals surface area contributed by atoms with Crippen molar-refractivity contribution in [1.82, 2.24) is 0 Å². The van der Waals surface area contributed by atoms with Gasteiger partial charge in [-0.25, -0.2) is 0 Å². The minimum Gasteiger partial charge on any atom is -0.404 e. The Labute approximate surface area is 164 Å². The molecule has 0 spiro atoms. The van der Waals surface area contributed by atoms with Crippen LogP contribution in [0.25, 0.3) is 0 Å². The highest BCUT2D eigenvalue weighted by Crippen LogP contribution is 2.37. The molecule has 0 radical (unpaired) electrons. The minimum atomic E-state index is -2.59. The number of benzene rings is 2. The molecule has 0 aromatic heterocycles. The average molecular weight is 395 g/mol. The van der Waals surface area contributed by atoms with Crippen LogP contribution in [-0.4, -0.2) is 19.7 Å². The third-order valence-corrected chi connectivity index (χ3v) is 9.56. The molecule has 0 amide bonds. The quantitative estimate of drug-likeness (QED) is 0.541. The normalized spacial score (nSPS) is 13.0. The highest BCUT2D eigenvalue weighted by atomic mass is 35.5. The SMILES string of the molecule is CC(CC(=O)Cl)O[Si](c1ccccc1)(c1ccccc1)C(C)(C)C.S. The summed E-state index contributed by atoms with van der Waals surface area (Å²) in [6.45, 7) is 8.58. The van der Waals surface area contributed by atoms with Gasteiger partial charge in [0.25, 0.3) is 8.32 Å². The third-order valence-electron chi connectivity index (χ3n) is 4.24. The predicted octanol–water partition coefficient (Wildman–Crippen LogP) is 4.22. The van der Waals surface area contributed by atoms with Crippen LogP contribution >= 0.6 is 25.1 Å². The second-order valence-electron chi connectivity index (χ2n) is 7.15. The third kappa shape index (κ3) is 4.97. The largest absolute Gasteiger partial charge is 0.404 e. The van der Waals surface area contributed by atoms with Crippen LogP contribution < -0.4 is 10.4 Å². The first-order chi connectivity index (χ1) is 11.3. The van der Waals surface area contributed by atoms with Gasteiger partial charge in [-0.05, 0) is 33.9 Å². The van der Waals surface area contributed by atoms with Crippen LogP contribution in [0.15, 0.2) is 60.7 Å². The van der Waals surface area contributed by atoms with Crippen LogP contribution in [0.3, 0.4) is 0 Å². The molecule has 0 N–H and O–H groups in total. The molecular weight excluding hydrogens is 368 g/mol. The zero-order chi connectivity index (χ0) is 17.8. The summed E-state index contributed by atoms with van der Waals surface area (Å²) in [5.74, 6) is 0. The fourth-order valence-corrected chi connectivity index (χ4v) is 8.18. The maximum absolute atomic E-state index is 11.4. The summed E-state index contributed by atoms with van der Waals surface area (Å²) < 4.78 is 6.72. The van der Waals surface area contributed by atoms with Crippen molar-refractivity contribution in [3.05, 3.63) is 60.7 Å². The molecule has 0 saturated carbocycles. The molecule has 0 aliphatic heterocycles. The predicted molar refractivity (Wildman–Crippen MR) is 114 cm³/mol. The summed E-state index contributed by atoms with van der Waals surface area (Å²) in [4.78, 5) is 11.4. The van der Waals surface area contributed by atoms with E-state index in [1.165, 1.54) is 10.4 Å². The van der Waals surface area contributed by atoms with Gasteiger partial charge in [-0.15, -0.1) is 0 Å². The van der Waals surface area contributed by atoms with E-state index in [0.717, 1.165) is 0 Å². The molecule has 5 heteroatoms. The fourth-order valence-electron chi connectivity index (χ4n) is 3.26. The van der Waals surface area contributed by atoms with E-state index in [-0.39, 0.29) is 36.3 Å². The van der Waals surface area contributed by atoms with Crippen molar-refractivity contribution < 1.29 is 9.22 Å². The molecule has 2 rings (SSSR count). The molecule has 2 aromatic rings. The Balaban J connectivity index is 0.00000312. The average Bonchev–Trinajstić information content (AvgIpc) is 2.52. The van der Waals surface area contributed by atoms with E-state index in [0.29, 0.717) is 0 Å². The van der Waals surface area contributed by atoms with Crippen molar-refractivity contribution in [2.24, 2.45) is 0 Å². The van der Waals surface area contributed by atoms with Gasteiger partial charge in [-0.1, -0.05) is 81.4 Å². The zero-order valence-electron chi connectivity index (χ0n) is 15.3. The Kier molecular flexibility index (Phi) is 7.94. The van der Waals surface area contributed by atoms with Crippen molar-refractivity contribution in [2.45, 2.75) is 45.3 Å². The van der Waals surface area contributed by atoms with Gasteiger partial charge in [0.2, 0.25) is 5.24 Å². The highest BCUT2D eigenvalue weighted by Gasteiger charge is 2.51. The smallest absolute Gasteiger partial charge is 0.261 e. The molecule has 2 nitrogen and oxygen atoms in total. The van der Waals surface area contributed by atoms with E-state index >= 15 is 0 Å². The lowest BCUT2D eigenvalue weighted by Gasteiger charge is -2.44. The molecule has 136 valence electrons. The first-order valence-corrected chi connectivity index (χ1v) is 10.5. The van der Waals surface area contributed by atoms with Crippen LogP contribution in [0.1, 0.15) is 34.1 Å². The van der Waals surface area contributed by atoms with Gasteiger partial charge in [-0.2, -0.15) is 13.5 Å². The highest BCUT2D eigenvalue weighted by molar-refractivity contribution is 7.59. The number of hydrogen-bond acceptors (Lipinski definition) is 2. The van der Waals surface area contributed by atoms with E-state index < -0.39 is 8.32 Å². The van der Waals surface area contributed by atoms with E-state index in [2.05, 4.69) is 45.0 Å². The van der Waals surface area contributed by atoms with Gasteiger partial charge >= 0.3 is 0 Å². The lowest BCUT2D eigenvalue weighted by atomic mass is 10.2. The Morgan fingerprint density at radius 3 is 1.72 bits per heavy atom. The van der Waals surface area contributed by atoms with E-state index in [1.54, 1.807) is 0 Å². The van der Waals surface area contributed by atoms with Crippen LogP contribution in [0.5, 0.6) is 0 Å². The number of rotatable bonds is 6. The molecule has 1 atom stereocenters.